The van der Waals surface area contributed by atoms with Crippen LogP contribution in [-0.4, -0.2) is 32.3 Å². The molecule has 0 aliphatic rings. The molecule has 0 amide bonds. The van der Waals surface area contributed by atoms with E-state index in [-0.39, 0.29) is 11.4 Å². The van der Waals surface area contributed by atoms with Crippen molar-refractivity contribution in [2.75, 3.05) is 0 Å². The van der Waals surface area contributed by atoms with Gasteiger partial charge in [-0.1, -0.05) is 41.7 Å². The van der Waals surface area contributed by atoms with Crippen LogP contribution in [-0.2, 0) is 4.79 Å². The maximum Gasteiger partial charge on any atom is 0.335 e. The van der Waals surface area contributed by atoms with Crippen molar-refractivity contribution in [3.8, 4) is 22.3 Å². The van der Waals surface area contributed by atoms with Gasteiger partial charge in [-0.2, -0.15) is 10.1 Å². The lowest BCUT2D eigenvalue weighted by Crippen LogP contribution is -1.99. The van der Waals surface area contributed by atoms with Crippen molar-refractivity contribution >= 4 is 34.7 Å². The number of benzene rings is 2. The molecule has 1 N–H and O–H groups in total. The summed E-state index contributed by atoms with van der Waals surface area (Å²) in [6.07, 6.45) is 0. The number of carbonyl (C=O) groups is 2. The van der Waals surface area contributed by atoms with E-state index in [0.29, 0.717) is 22.8 Å². The van der Waals surface area contributed by atoms with Crippen LogP contribution in [0.1, 0.15) is 10.4 Å². The summed E-state index contributed by atoms with van der Waals surface area (Å²) < 4.78 is 6.32. The van der Waals surface area contributed by atoms with E-state index in [1.54, 1.807) is 28.3 Å². The third-order valence-electron chi connectivity index (χ3n) is 3.80. The van der Waals surface area contributed by atoms with Gasteiger partial charge in [0.05, 0.1) is 16.5 Å². The molecule has 2 heterocycles. The molecule has 0 radical (unpaired) electrons. The minimum absolute atomic E-state index is 0.152. The molecule has 8 heteroatoms. The zero-order valence-corrected chi connectivity index (χ0v) is 14.0. The van der Waals surface area contributed by atoms with E-state index in [9.17, 15) is 14.7 Å². The Morgan fingerprint density at radius 1 is 1.19 bits per heavy atom. The Morgan fingerprint density at radius 3 is 2.73 bits per heavy atom. The molecule has 4 aromatic rings. The molecule has 26 heavy (non-hydrogen) atoms. The predicted molar refractivity (Wildman–Crippen MR) is 95.8 cm³/mol. The number of ether oxygens (including phenoxy) is 1. The van der Waals surface area contributed by atoms with Crippen LogP contribution in [0.4, 0.5) is 0 Å². The molecule has 2 aromatic heterocycles. The van der Waals surface area contributed by atoms with Crippen LogP contribution in [0.2, 0.25) is 0 Å². The molecule has 0 atom stereocenters. The smallest absolute Gasteiger partial charge is 0.335 e. The number of fused-ring (bicyclic) bond motifs is 1. The van der Waals surface area contributed by atoms with E-state index < -0.39 is 5.97 Å². The van der Waals surface area contributed by atoms with Crippen LogP contribution in [0.25, 0.3) is 27.3 Å². The summed E-state index contributed by atoms with van der Waals surface area (Å²) in [5.41, 5.74) is 2.38. The monoisotopic (exact) mass is 365 g/mol. The molecule has 0 aliphatic heterocycles. The van der Waals surface area contributed by atoms with Crippen molar-refractivity contribution in [1.29, 1.82) is 0 Å². The van der Waals surface area contributed by atoms with Crippen LogP contribution in [0, 0.1) is 0 Å². The van der Waals surface area contributed by atoms with Crippen LogP contribution < -0.4 is 4.74 Å². The van der Waals surface area contributed by atoms with Crippen molar-refractivity contribution < 1.29 is 19.4 Å². The topological polar surface area (TPSA) is 94.3 Å². The summed E-state index contributed by atoms with van der Waals surface area (Å²) in [4.78, 5) is 26.1. The zero-order chi connectivity index (χ0) is 18.1. The summed E-state index contributed by atoms with van der Waals surface area (Å²) in [6, 6.07) is 14.4. The first-order valence-electron chi connectivity index (χ1n) is 7.55. The highest BCUT2D eigenvalue weighted by molar-refractivity contribution is 7.12. The highest BCUT2D eigenvalue weighted by Crippen LogP contribution is 2.32. The molecular weight excluding hydrogens is 354 g/mol. The van der Waals surface area contributed by atoms with Gasteiger partial charge in [-0.05, 0) is 18.2 Å². The lowest BCUT2D eigenvalue weighted by Gasteiger charge is -1.99. The van der Waals surface area contributed by atoms with Gasteiger partial charge >= 0.3 is 5.97 Å². The molecule has 0 bridgehead atoms. The minimum atomic E-state index is -1.02. The molecule has 0 saturated carbocycles. The van der Waals surface area contributed by atoms with Crippen LogP contribution in [0.5, 0.6) is 5.88 Å². The van der Waals surface area contributed by atoms with Crippen molar-refractivity contribution in [3.05, 3.63) is 59.5 Å². The number of hydrogen-bond donors (Lipinski definition) is 1. The Kier molecular flexibility index (Phi) is 3.94. The standard InChI is InChI=1S/C18H11N3O4S/c22-10-25-15-9-26-18(19-15)21-14-8-12(17(23)24)6-7-13(14)16(20-21)11-4-2-1-3-5-11/h1-10H,(H,23,24). The first kappa shape index (κ1) is 16.0. The van der Waals surface area contributed by atoms with Crippen molar-refractivity contribution in [1.82, 2.24) is 14.8 Å². The average molecular weight is 365 g/mol. The normalized spacial score (nSPS) is 10.8. The molecule has 0 saturated heterocycles. The number of rotatable bonds is 5. The largest absolute Gasteiger partial charge is 0.478 e. The van der Waals surface area contributed by atoms with Gasteiger partial charge in [0.15, 0.2) is 0 Å². The van der Waals surface area contributed by atoms with Crippen LogP contribution >= 0.6 is 11.3 Å². The number of hydrogen-bond acceptors (Lipinski definition) is 6. The SMILES string of the molecule is O=COc1csc(-n2nc(-c3ccccc3)c3ccc(C(=O)O)cc32)n1. The van der Waals surface area contributed by atoms with Gasteiger partial charge in [0.1, 0.15) is 5.69 Å². The lowest BCUT2D eigenvalue weighted by molar-refractivity contribution is -0.120. The van der Waals surface area contributed by atoms with E-state index in [4.69, 9.17) is 4.74 Å². The van der Waals surface area contributed by atoms with E-state index in [2.05, 4.69) is 10.1 Å². The summed E-state index contributed by atoms with van der Waals surface area (Å²) >= 11 is 1.24. The highest BCUT2D eigenvalue weighted by Gasteiger charge is 2.17. The van der Waals surface area contributed by atoms with Crippen LogP contribution in [0.3, 0.4) is 0 Å². The first-order valence-corrected chi connectivity index (χ1v) is 8.43. The first-order chi connectivity index (χ1) is 12.7. The molecule has 2 aromatic carbocycles. The Balaban J connectivity index is 1.96. The van der Waals surface area contributed by atoms with E-state index in [0.717, 1.165) is 10.9 Å². The third kappa shape index (κ3) is 2.72. The number of carboxylic acids is 1. The van der Waals surface area contributed by atoms with Gasteiger partial charge in [-0.15, -0.1) is 0 Å². The third-order valence-corrected chi connectivity index (χ3v) is 4.59. The van der Waals surface area contributed by atoms with Crippen molar-refractivity contribution in [2.24, 2.45) is 0 Å². The second kappa shape index (κ2) is 6.41. The van der Waals surface area contributed by atoms with Crippen LogP contribution in [0.15, 0.2) is 53.9 Å². The predicted octanol–water partition coefficient (Wildman–Crippen LogP) is 3.38. The number of carboxylic acid groups (broad SMARTS) is 1. The maximum atomic E-state index is 11.4. The van der Waals surface area contributed by atoms with Gasteiger partial charge < -0.3 is 9.84 Å². The average Bonchev–Trinajstić information content (AvgIpc) is 3.26. The molecule has 0 aliphatic carbocycles. The van der Waals surface area contributed by atoms with Crippen molar-refractivity contribution in [2.45, 2.75) is 0 Å². The van der Waals surface area contributed by atoms with Gasteiger partial charge in [-0.3, -0.25) is 4.79 Å². The van der Waals surface area contributed by atoms with E-state index in [1.165, 1.54) is 11.3 Å². The summed E-state index contributed by atoms with van der Waals surface area (Å²) in [5.74, 6) is -0.857. The molecule has 128 valence electrons. The maximum absolute atomic E-state index is 11.4. The summed E-state index contributed by atoms with van der Waals surface area (Å²) in [7, 11) is 0. The summed E-state index contributed by atoms with van der Waals surface area (Å²) in [6.45, 7) is 0.304. The number of aromatic carboxylic acids is 1. The molecule has 0 unspecified atom stereocenters. The summed E-state index contributed by atoms with van der Waals surface area (Å²) in [5, 5.41) is 16.8. The lowest BCUT2D eigenvalue weighted by atomic mass is 10.1. The quantitative estimate of drug-likeness (QED) is 0.545. The highest BCUT2D eigenvalue weighted by atomic mass is 32.1. The zero-order valence-electron chi connectivity index (χ0n) is 13.2. The van der Waals surface area contributed by atoms with Gasteiger partial charge in [-0.25, -0.2) is 9.48 Å². The fourth-order valence-corrected chi connectivity index (χ4v) is 3.35. The van der Waals surface area contributed by atoms with Crippen molar-refractivity contribution in [3.63, 3.8) is 0 Å². The Labute approximate surface area is 151 Å². The molecule has 7 nitrogen and oxygen atoms in total. The van der Waals surface area contributed by atoms with Gasteiger partial charge in [0.2, 0.25) is 11.0 Å². The fraction of sp³-hybridized carbons (Fsp3) is 0. The fourth-order valence-electron chi connectivity index (χ4n) is 2.65. The second-order valence-corrected chi connectivity index (χ2v) is 6.18. The molecule has 4 rings (SSSR count). The van der Waals surface area contributed by atoms with Gasteiger partial charge in [0, 0.05) is 10.9 Å². The Morgan fingerprint density at radius 2 is 2.00 bits per heavy atom. The Hall–Kier alpha value is -3.52. The number of carbonyl (C=O) groups excluding carboxylic acids is 1. The van der Waals surface area contributed by atoms with E-state index in [1.807, 2.05) is 30.3 Å². The van der Waals surface area contributed by atoms with E-state index >= 15 is 0 Å². The number of thiazole rings is 1. The number of aromatic nitrogens is 3. The number of nitrogens with zero attached hydrogens (tertiary/aromatic N) is 3. The van der Waals surface area contributed by atoms with Gasteiger partial charge in [0.25, 0.3) is 6.47 Å². The molecule has 0 spiro atoms. The molecular formula is C18H11N3O4S. The molecule has 0 fully saturated rings. The minimum Gasteiger partial charge on any atom is -0.478 e. The Bertz CT molecular complexity index is 1120. The second-order valence-electron chi connectivity index (χ2n) is 5.35.